The van der Waals surface area contributed by atoms with Crippen LogP contribution in [0.1, 0.15) is 41.0 Å². The molecule has 0 radical (unpaired) electrons. The first-order valence-corrected chi connectivity index (χ1v) is 8.54. The van der Waals surface area contributed by atoms with Gasteiger partial charge in [0.05, 0.1) is 5.54 Å². The number of nitrogens with one attached hydrogen (secondary N) is 3. The van der Waals surface area contributed by atoms with Gasteiger partial charge in [0, 0.05) is 39.1 Å². The van der Waals surface area contributed by atoms with Crippen molar-refractivity contribution < 1.29 is 9.53 Å². The van der Waals surface area contributed by atoms with Gasteiger partial charge in [-0.1, -0.05) is 0 Å². The Labute approximate surface area is 150 Å². The third-order valence-corrected chi connectivity index (χ3v) is 3.18. The highest BCUT2D eigenvalue weighted by atomic mass is 16.6. The molecule has 25 heavy (non-hydrogen) atoms. The summed E-state index contributed by atoms with van der Waals surface area (Å²) in [6.45, 7) is 11.5. The van der Waals surface area contributed by atoms with Gasteiger partial charge in [0.2, 0.25) is 0 Å². The van der Waals surface area contributed by atoms with Crippen molar-refractivity contribution in [3.05, 3.63) is 18.5 Å². The number of aromatic nitrogens is 2. The normalized spacial score (nSPS) is 12.6. The minimum atomic E-state index is -0.514. The zero-order valence-electron chi connectivity index (χ0n) is 16.2. The molecule has 1 heterocycles. The lowest BCUT2D eigenvalue weighted by molar-refractivity contribution is 0.0474. The number of rotatable bonds is 7. The quantitative estimate of drug-likeness (QED) is 0.395. The maximum absolute atomic E-state index is 11.9. The second-order valence-electron chi connectivity index (χ2n) is 7.49. The summed E-state index contributed by atoms with van der Waals surface area (Å²) in [5, 5.41) is 13.5. The Bertz CT molecular complexity index is 546. The van der Waals surface area contributed by atoms with Crippen LogP contribution in [0.2, 0.25) is 0 Å². The number of guanidine groups is 1. The van der Waals surface area contributed by atoms with Gasteiger partial charge in [-0.25, -0.2) is 4.79 Å². The zero-order chi connectivity index (χ0) is 18.9. The van der Waals surface area contributed by atoms with Gasteiger partial charge in [-0.15, -0.1) is 0 Å². The van der Waals surface area contributed by atoms with Crippen molar-refractivity contribution in [1.82, 2.24) is 25.7 Å². The summed E-state index contributed by atoms with van der Waals surface area (Å²) in [4.78, 5) is 16.1. The summed E-state index contributed by atoms with van der Waals surface area (Å²) in [5.41, 5.74) is -0.991. The first kappa shape index (κ1) is 20.8. The third-order valence-electron chi connectivity index (χ3n) is 3.18. The molecule has 0 aliphatic heterocycles. The first-order valence-electron chi connectivity index (χ1n) is 8.54. The molecule has 0 aliphatic rings. The van der Waals surface area contributed by atoms with E-state index in [1.54, 1.807) is 13.2 Å². The first-order chi connectivity index (χ1) is 11.6. The number of nitrogens with zero attached hydrogens (tertiary/aromatic N) is 3. The molecule has 0 bridgehead atoms. The molecule has 0 atom stereocenters. The Morgan fingerprint density at radius 3 is 2.52 bits per heavy atom. The minimum Gasteiger partial charge on any atom is -0.444 e. The molecule has 0 saturated heterocycles. The fourth-order valence-electron chi connectivity index (χ4n) is 2.03. The summed E-state index contributed by atoms with van der Waals surface area (Å²) in [6.07, 6.45) is 4.22. The van der Waals surface area contributed by atoms with Crippen LogP contribution >= 0.6 is 0 Å². The number of aliphatic imine (C=N–C) groups is 1. The van der Waals surface area contributed by atoms with Crippen LogP contribution in [-0.2, 0) is 11.3 Å². The number of aryl methyl sites for hydroxylation is 1. The molecule has 142 valence electrons. The molecule has 0 spiro atoms. The van der Waals surface area contributed by atoms with Gasteiger partial charge >= 0.3 is 6.09 Å². The van der Waals surface area contributed by atoms with Gasteiger partial charge in [-0.3, -0.25) is 9.67 Å². The van der Waals surface area contributed by atoms with Crippen LogP contribution in [0.3, 0.4) is 0 Å². The number of carbonyl (C=O) groups excluding carboxylic acids is 1. The van der Waals surface area contributed by atoms with Gasteiger partial charge in [-0.05, 0) is 47.1 Å². The van der Waals surface area contributed by atoms with E-state index in [1.165, 1.54) is 0 Å². The molecular formula is C17H32N6O2. The van der Waals surface area contributed by atoms with Crippen molar-refractivity contribution in [3.63, 3.8) is 0 Å². The van der Waals surface area contributed by atoms with E-state index < -0.39 is 17.2 Å². The molecule has 1 amide bonds. The Morgan fingerprint density at radius 2 is 1.96 bits per heavy atom. The van der Waals surface area contributed by atoms with Crippen LogP contribution in [0.15, 0.2) is 23.5 Å². The molecule has 0 aliphatic carbocycles. The van der Waals surface area contributed by atoms with Crippen LogP contribution < -0.4 is 16.0 Å². The van der Waals surface area contributed by atoms with Crippen LogP contribution in [0, 0.1) is 0 Å². The predicted octanol–water partition coefficient (Wildman–Crippen LogP) is 1.74. The Hall–Kier alpha value is -2.25. The van der Waals surface area contributed by atoms with Crippen molar-refractivity contribution >= 4 is 12.1 Å². The standard InChI is InChI=1S/C17H32N6O2/c1-16(2,3)25-15(24)22-17(4,5)13-20-14(18-6)19-9-7-11-23-12-8-10-21-23/h8,10,12H,7,9,11,13H2,1-6H3,(H,22,24)(H2,18,19,20). The molecule has 8 heteroatoms. The highest BCUT2D eigenvalue weighted by Gasteiger charge is 2.24. The fraction of sp³-hybridized carbons (Fsp3) is 0.706. The Balaban J connectivity index is 2.30. The Kier molecular flexibility index (Phi) is 7.73. The monoisotopic (exact) mass is 352 g/mol. The maximum atomic E-state index is 11.9. The molecule has 8 nitrogen and oxygen atoms in total. The van der Waals surface area contributed by atoms with Crippen molar-refractivity contribution in [2.45, 2.75) is 58.7 Å². The summed E-state index contributed by atoms with van der Waals surface area (Å²) < 4.78 is 7.18. The molecule has 1 rings (SSSR count). The smallest absolute Gasteiger partial charge is 0.408 e. The summed E-state index contributed by atoms with van der Waals surface area (Å²) in [7, 11) is 1.72. The van der Waals surface area contributed by atoms with E-state index in [1.807, 2.05) is 51.6 Å². The Morgan fingerprint density at radius 1 is 1.24 bits per heavy atom. The van der Waals surface area contributed by atoms with Crippen LogP contribution in [0.5, 0.6) is 0 Å². The number of carbonyl (C=O) groups is 1. The van der Waals surface area contributed by atoms with Crippen LogP contribution in [0.4, 0.5) is 4.79 Å². The van der Waals surface area contributed by atoms with E-state index in [0.717, 1.165) is 19.5 Å². The van der Waals surface area contributed by atoms with Gasteiger partial charge in [0.15, 0.2) is 5.96 Å². The fourth-order valence-corrected chi connectivity index (χ4v) is 2.03. The summed E-state index contributed by atoms with van der Waals surface area (Å²) >= 11 is 0. The van der Waals surface area contributed by atoms with E-state index in [2.05, 4.69) is 26.0 Å². The lowest BCUT2D eigenvalue weighted by Gasteiger charge is -2.29. The lowest BCUT2D eigenvalue weighted by atomic mass is 10.1. The molecule has 0 fully saturated rings. The van der Waals surface area contributed by atoms with Crippen LogP contribution in [0.25, 0.3) is 0 Å². The number of hydrogen-bond acceptors (Lipinski definition) is 4. The number of hydrogen-bond donors (Lipinski definition) is 3. The van der Waals surface area contributed by atoms with Crippen molar-refractivity contribution in [2.75, 3.05) is 20.1 Å². The maximum Gasteiger partial charge on any atom is 0.408 e. The number of alkyl carbamates (subject to hydrolysis) is 1. The molecule has 0 saturated carbocycles. The van der Waals surface area contributed by atoms with E-state index in [0.29, 0.717) is 12.5 Å². The second-order valence-corrected chi connectivity index (χ2v) is 7.49. The highest BCUT2D eigenvalue weighted by molar-refractivity contribution is 5.79. The predicted molar refractivity (Wildman–Crippen MR) is 99.7 cm³/mol. The topological polar surface area (TPSA) is 92.6 Å². The molecule has 0 unspecified atom stereocenters. The molecule has 1 aromatic heterocycles. The highest BCUT2D eigenvalue weighted by Crippen LogP contribution is 2.09. The lowest BCUT2D eigenvalue weighted by Crippen LogP contribution is -2.54. The van der Waals surface area contributed by atoms with Crippen molar-refractivity contribution in [1.29, 1.82) is 0 Å². The van der Waals surface area contributed by atoms with Crippen molar-refractivity contribution in [2.24, 2.45) is 4.99 Å². The largest absolute Gasteiger partial charge is 0.444 e. The van der Waals surface area contributed by atoms with E-state index in [-0.39, 0.29) is 0 Å². The molecular weight excluding hydrogens is 320 g/mol. The zero-order valence-corrected chi connectivity index (χ0v) is 16.2. The summed E-state index contributed by atoms with van der Waals surface area (Å²) in [5.74, 6) is 0.694. The van der Waals surface area contributed by atoms with E-state index >= 15 is 0 Å². The second kappa shape index (κ2) is 9.29. The minimum absolute atomic E-state index is 0.429. The molecule has 0 aromatic carbocycles. The van der Waals surface area contributed by atoms with Gasteiger partial charge in [-0.2, -0.15) is 5.10 Å². The van der Waals surface area contributed by atoms with E-state index in [4.69, 9.17) is 4.74 Å². The average Bonchev–Trinajstić information content (AvgIpc) is 2.97. The van der Waals surface area contributed by atoms with Crippen molar-refractivity contribution in [3.8, 4) is 0 Å². The van der Waals surface area contributed by atoms with Gasteiger partial charge < -0.3 is 20.7 Å². The average molecular weight is 352 g/mol. The van der Waals surface area contributed by atoms with Gasteiger partial charge in [0.1, 0.15) is 5.60 Å². The van der Waals surface area contributed by atoms with Crippen LogP contribution in [-0.4, -0.2) is 53.1 Å². The third kappa shape index (κ3) is 9.59. The summed E-state index contributed by atoms with van der Waals surface area (Å²) in [6, 6.07) is 1.91. The van der Waals surface area contributed by atoms with Gasteiger partial charge in [0.25, 0.3) is 0 Å². The molecule has 3 N–H and O–H groups in total. The molecule has 1 aromatic rings. The SMILES string of the molecule is CN=C(NCCCn1cccn1)NCC(C)(C)NC(=O)OC(C)(C)C. The number of ether oxygens (including phenoxy) is 1. The van der Waals surface area contributed by atoms with E-state index in [9.17, 15) is 4.79 Å². The number of amides is 1.